The summed E-state index contributed by atoms with van der Waals surface area (Å²) in [5, 5.41) is 0. The molecule has 0 spiro atoms. The van der Waals surface area contributed by atoms with Crippen molar-refractivity contribution in [2.45, 2.75) is 18.9 Å². The van der Waals surface area contributed by atoms with Gasteiger partial charge in [-0.2, -0.15) is 0 Å². The summed E-state index contributed by atoms with van der Waals surface area (Å²) >= 11 is 0. The molecule has 1 aromatic heterocycles. The molecule has 0 amide bonds. The Kier molecular flexibility index (Phi) is 4.09. The fourth-order valence-electron chi connectivity index (χ4n) is 2.02. The second-order valence-corrected chi connectivity index (χ2v) is 4.17. The van der Waals surface area contributed by atoms with E-state index < -0.39 is 5.97 Å². The molecule has 2 heterocycles. The Bertz CT molecular complexity index is 400. The van der Waals surface area contributed by atoms with Gasteiger partial charge in [0.15, 0.2) is 5.69 Å². The summed E-state index contributed by atoms with van der Waals surface area (Å²) in [5.41, 5.74) is 0.230. The number of nitrogens with zero attached hydrogens (tertiary/aromatic N) is 3. The second-order valence-electron chi connectivity index (χ2n) is 4.17. The number of anilines is 1. The van der Waals surface area contributed by atoms with Crippen molar-refractivity contribution in [1.29, 1.82) is 0 Å². The van der Waals surface area contributed by atoms with Crippen LogP contribution in [0.2, 0.25) is 0 Å². The number of carbonyl (C=O) groups excluding carboxylic acids is 1. The molecule has 6 nitrogen and oxygen atoms in total. The normalized spacial score (nSPS) is 16.7. The molecule has 0 atom stereocenters. The lowest BCUT2D eigenvalue weighted by molar-refractivity contribution is 0.0593. The Labute approximate surface area is 106 Å². The Hall–Kier alpha value is -1.69. The molecular weight excluding hydrogens is 234 g/mol. The first-order valence-corrected chi connectivity index (χ1v) is 5.92. The summed E-state index contributed by atoms with van der Waals surface area (Å²) in [5.74, 6) is 0.323. The lowest BCUT2D eigenvalue weighted by Crippen LogP contribution is -2.37. The quantitative estimate of drug-likeness (QED) is 0.743. The molecule has 0 radical (unpaired) electrons. The van der Waals surface area contributed by atoms with E-state index in [1.165, 1.54) is 13.3 Å². The lowest BCUT2D eigenvalue weighted by Gasteiger charge is -2.31. The highest BCUT2D eigenvalue weighted by molar-refractivity contribution is 5.86. The van der Waals surface area contributed by atoms with Crippen LogP contribution < -0.4 is 4.90 Å². The summed E-state index contributed by atoms with van der Waals surface area (Å²) in [4.78, 5) is 21.7. The summed E-state index contributed by atoms with van der Waals surface area (Å²) in [7, 11) is 3.07. The van der Waals surface area contributed by atoms with Crippen molar-refractivity contribution < 1.29 is 14.3 Å². The smallest absolute Gasteiger partial charge is 0.358 e. The van der Waals surface area contributed by atoms with Crippen molar-refractivity contribution >= 4 is 11.8 Å². The maximum Gasteiger partial charge on any atom is 0.358 e. The molecule has 0 saturated carbocycles. The molecule has 98 valence electrons. The van der Waals surface area contributed by atoms with Gasteiger partial charge in [0, 0.05) is 20.2 Å². The Morgan fingerprint density at radius 1 is 1.28 bits per heavy atom. The SMILES string of the molecule is COC(=O)c1cnc(N2CCC(OC)CC2)cn1. The first-order valence-electron chi connectivity index (χ1n) is 5.92. The fraction of sp³-hybridized carbons (Fsp3) is 0.583. The minimum absolute atomic E-state index is 0.230. The van der Waals surface area contributed by atoms with Crippen LogP contribution in [0.3, 0.4) is 0 Å². The van der Waals surface area contributed by atoms with Crippen LogP contribution in [0.4, 0.5) is 5.82 Å². The van der Waals surface area contributed by atoms with Crippen molar-refractivity contribution in [3.63, 3.8) is 0 Å². The standard InChI is InChI=1S/C12H17N3O3/c1-17-9-3-5-15(6-4-9)11-8-13-10(7-14-11)12(16)18-2/h7-9H,3-6H2,1-2H3. The summed E-state index contributed by atoms with van der Waals surface area (Å²) in [6.45, 7) is 1.79. The summed E-state index contributed by atoms with van der Waals surface area (Å²) < 4.78 is 9.90. The molecule has 1 fully saturated rings. The third kappa shape index (κ3) is 2.76. The molecule has 0 N–H and O–H groups in total. The van der Waals surface area contributed by atoms with E-state index in [-0.39, 0.29) is 5.69 Å². The molecule has 1 aliphatic rings. The molecule has 1 aromatic rings. The van der Waals surface area contributed by atoms with Gasteiger partial charge in [0.1, 0.15) is 5.82 Å². The molecule has 0 aromatic carbocycles. The van der Waals surface area contributed by atoms with Crippen molar-refractivity contribution in [2.24, 2.45) is 0 Å². The maximum atomic E-state index is 11.2. The third-order valence-corrected chi connectivity index (χ3v) is 3.13. The predicted molar refractivity (Wildman–Crippen MR) is 65.6 cm³/mol. The van der Waals surface area contributed by atoms with E-state index >= 15 is 0 Å². The Morgan fingerprint density at radius 2 is 2.00 bits per heavy atom. The number of piperidine rings is 1. The zero-order valence-corrected chi connectivity index (χ0v) is 10.6. The van der Waals surface area contributed by atoms with Crippen molar-refractivity contribution in [1.82, 2.24) is 9.97 Å². The van der Waals surface area contributed by atoms with Crippen LogP contribution in [0.15, 0.2) is 12.4 Å². The number of methoxy groups -OCH3 is 2. The van der Waals surface area contributed by atoms with Gasteiger partial charge < -0.3 is 14.4 Å². The van der Waals surface area contributed by atoms with Crippen molar-refractivity contribution in [2.75, 3.05) is 32.2 Å². The molecule has 0 unspecified atom stereocenters. The number of hydrogen-bond acceptors (Lipinski definition) is 6. The van der Waals surface area contributed by atoms with Gasteiger partial charge in [0.25, 0.3) is 0 Å². The Morgan fingerprint density at radius 3 is 2.50 bits per heavy atom. The molecule has 6 heteroatoms. The monoisotopic (exact) mass is 251 g/mol. The average molecular weight is 251 g/mol. The highest BCUT2D eigenvalue weighted by atomic mass is 16.5. The van der Waals surface area contributed by atoms with Gasteiger partial charge >= 0.3 is 5.97 Å². The Balaban J connectivity index is 2.00. The third-order valence-electron chi connectivity index (χ3n) is 3.13. The van der Waals surface area contributed by atoms with Crippen LogP contribution in [-0.2, 0) is 9.47 Å². The second kappa shape index (κ2) is 5.77. The van der Waals surface area contributed by atoms with Gasteiger partial charge in [-0.15, -0.1) is 0 Å². The van der Waals surface area contributed by atoms with Crippen LogP contribution in [0.1, 0.15) is 23.3 Å². The van der Waals surface area contributed by atoms with Gasteiger partial charge in [-0.1, -0.05) is 0 Å². The molecule has 0 bridgehead atoms. The number of aromatic nitrogens is 2. The number of hydrogen-bond donors (Lipinski definition) is 0. The average Bonchev–Trinajstić information content (AvgIpc) is 2.47. The number of rotatable bonds is 3. The molecule has 18 heavy (non-hydrogen) atoms. The first kappa shape index (κ1) is 12.8. The van der Waals surface area contributed by atoms with Crippen LogP contribution in [0, 0.1) is 0 Å². The van der Waals surface area contributed by atoms with Gasteiger partial charge in [0.05, 0.1) is 25.6 Å². The highest BCUT2D eigenvalue weighted by Crippen LogP contribution is 2.18. The minimum Gasteiger partial charge on any atom is -0.464 e. The number of ether oxygens (including phenoxy) is 2. The molecule has 1 saturated heterocycles. The zero-order valence-electron chi connectivity index (χ0n) is 10.6. The van der Waals surface area contributed by atoms with Gasteiger partial charge in [-0.3, -0.25) is 0 Å². The largest absolute Gasteiger partial charge is 0.464 e. The fourth-order valence-corrected chi connectivity index (χ4v) is 2.02. The maximum absolute atomic E-state index is 11.2. The topological polar surface area (TPSA) is 64.5 Å². The van der Waals surface area contributed by atoms with Gasteiger partial charge in [0.2, 0.25) is 0 Å². The van der Waals surface area contributed by atoms with Crippen molar-refractivity contribution in [3.05, 3.63) is 18.1 Å². The van der Waals surface area contributed by atoms with Gasteiger partial charge in [-0.25, -0.2) is 14.8 Å². The highest BCUT2D eigenvalue weighted by Gasteiger charge is 2.20. The predicted octanol–water partition coefficient (Wildman–Crippen LogP) is 0.878. The van der Waals surface area contributed by atoms with E-state index in [9.17, 15) is 4.79 Å². The molecular formula is C12H17N3O3. The molecule has 2 rings (SSSR count). The van der Waals surface area contributed by atoms with Crippen LogP contribution in [0.5, 0.6) is 0 Å². The first-order chi connectivity index (χ1) is 8.74. The number of carbonyl (C=O) groups is 1. The minimum atomic E-state index is -0.466. The zero-order chi connectivity index (χ0) is 13.0. The lowest BCUT2D eigenvalue weighted by atomic mass is 10.1. The van der Waals surface area contributed by atoms with E-state index in [4.69, 9.17) is 4.74 Å². The van der Waals surface area contributed by atoms with E-state index in [1.54, 1.807) is 13.3 Å². The van der Waals surface area contributed by atoms with Crippen LogP contribution in [-0.4, -0.2) is 49.4 Å². The number of esters is 1. The van der Waals surface area contributed by atoms with Gasteiger partial charge in [-0.05, 0) is 12.8 Å². The van der Waals surface area contributed by atoms with E-state index in [0.29, 0.717) is 6.10 Å². The molecule has 0 aliphatic carbocycles. The van der Waals surface area contributed by atoms with E-state index in [0.717, 1.165) is 31.7 Å². The summed E-state index contributed by atoms with van der Waals surface area (Å²) in [6, 6.07) is 0. The summed E-state index contributed by atoms with van der Waals surface area (Å²) in [6.07, 6.45) is 5.36. The molecule has 1 aliphatic heterocycles. The van der Waals surface area contributed by atoms with Crippen LogP contribution in [0.25, 0.3) is 0 Å². The van der Waals surface area contributed by atoms with Crippen LogP contribution >= 0.6 is 0 Å². The van der Waals surface area contributed by atoms with E-state index in [1.807, 2.05) is 0 Å². The van der Waals surface area contributed by atoms with E-state index in [2.05, 4.69) is 19.6 Å². The van der Waals surface area contributed by atoms with Crippen molar-refractivity contribution in [3.8, 4) is 0 Å².